The Balaban J connectivity index is 3.63. The average Bonchev–Trinajstić information content (AvgIpc) is 2.23. The molecule has 0 rings (SSSR count). The summed E-state index contributed by atoms with van der Waals surface area (Å²) >= 11 is 0. The molecule has 0 aromatic heterocycles. The van der Waals surface area contributed by atoms with Crippen molar-refractivity contribution in [2.75, 3.05) is 13.1 Å². The molecule has 0 bridgehead atoms. The van der Waals surface area contributed by atoms with Gasteiger partial charge in [0.25, 0.3) is 0 Å². The van der Waals surface area contributed by atoms with Crippen LogP contribution >= 0.6 is 0 Å². The van der Waals surface area contributed by atoms with E-state index in [2.05, 4.69) is 33.0 Å². The Morgan fingerprint density at radius 3 is 2.25 bits per heavy atom. The van der Waals surface area contributed by atoms with Crippen molar-refractivity contribution < 1.29 is 0 Å². The van der Waals surface area contributed by atoms with Crippen molar-refractivity contribution in [2.45, 2.75) is 72.6 Å². The average molecular weight is 227 g/mol. The molecule has 1 nitrogen and oxygen atoms in total. The van der Waals surface area contributed by atoms with E-state index in [-0.39, 0.29) is 0 Å². The van der Waals surface area contributed by atoms with Crippen molar-refractivity contribution in [3.63, 3.8) is 0 Å². The second-order valence-electron chi connectivity index (χ2n) is 5.55. The zero-order chi connectivity index (χ0) is 12.2. The molecule has 0 aromatic rings. The van der Waals surface area contributed by atoms with Gasteiger partial charge in [0.2, 0.25) is 0 Å². The lowest BCUT2D eigenvalue weighted by atomic mass is 9.92. The minimum absolute atomic E-state index is 0.847. The van der Waals surface area contributed by atoms with Crippen LogP contribution in [0.3, 0.4) is 0 Å². The van der Waals surface area contributed by atoms with E-state index >= 15 is 0 Å². The van der Waals surface area contributed by atoms with Gasteiger partial charge in [-0.2, -0.15) is 0 Å². The van der Waals surface area contributed by atoms with Gasteiger partial charge in [0.1, 0.15) is 0 Å². The van der Waals surface area contributed by atoms with Crippen molar-refractivity contribution in [1.29, 1.82) is 0 Å². The van der Waals surface area contributed by atoms with Gasteiger partial charge in [0.15, 0.2) is 0 Å². The largest absolute Gasteiger partial charge is 0.316 e. The Morgan fingerprint density at radius 1 is 0.938 bits per heavy atom. The Hall–Kier alpha value is -0.0400. The lowest BCUT2D eigenvalue weighted by Gasteiger charge is -2.19. The standard InChI is InChI=1S/C15H33N/c1-5-7-8-9-10-15(12-14(3)4)13-16-11-6-2/h14-16H,5-13H2,1-4H3. The minimum Gasteiger partial charge on any atom is -0.316 e. The number of hydrogen-bond acceptors (Lipinski definition) is 1. The van der Waals surface area contributed by atoms with Gasteiger partial charge in [-0.05, 0) is 44.2 Å². The topological polar surface area (TPSA) is 12.0 Å². The first-order chi connectivity index (χ1) is 7.70. The molecule has 0 saturated heterocycles. The molecule has 0 fully saturated rings. The van der Waals surface area contributed by atoms with Crippen molar-refractivity contribution in [3.05, 3.63) is 0 Å². The highest BCUT2D eigenvalue weighted by atomic mass is 14.8. The van der Waals surface area contributed by atoms with Crippen LogP contribution in [0.15, 0.2) is 0 Å². The Labute approximate surface area is 103 Å². The molecule has 1 N–H and O–H groups in total. The Kier molecular flexibility index (Phi) is 11.4. The van der Waals surface area contributed by atoms with Crippen LogP contribution in [0.2, 0.25) is 0 Å². The highest BCUT2D eigenvalue weighted by Crippen LogP contribution is 2.18. The second kappa shape index (κ2) is 11.4. The van der Waals surface area contributed by atoms with Gasteiger partial charge in [0, 0.05) is 0 Å². The fourth-order valence-electron chi connectivity index (χ4n) is 2.31. The maximum absolute atomic E-state index is 3.58. The van der Waals surface area contributed by atoms with Crippen molar-refractivity contribution in [1.82, 2.24) is 5.32 Å². The summed E-state index contributed by atoms with van der Waals surface area (Å²) in [7, 11) is 0. The monoisotopic (exact) mass is 227 g/mol. The van der Waals surface area contributed by atoms with Gasteiger partial charge >= 0.3 is 0 Å². The third kappa shape index (κ3) is 10.5. The van der Waals surface area contributed by atoms with Crippen LogP contribution in [-0.2, 0) is 0 Å². The first kappa shape index (κ1) is 16.0. The molecule has 1 atom stereocenters. The van der Waals surface area contributed by atoms with Crippen LogP contribution in [0.5, 0.6) is 0 Å². The molecule has 0 aliphatic carbocycles. The van der Waals surface area contributed by atoms with Crippen molar-refractivity contribution >= 4 is 0 Å². The van der Waals surface area contributed by atoms with E-state index in [1.165, 1.54) is 58.0 Å². The molecule has 0 amide bonds. The SMILES string of the molecule is CCCCCCC(CNCCC)CC(C)C. The van der Waals surface area contributed by atoms with Crippen molar-refractivity contribution in [2.24, 2.45) is 11.8 Å². The lowest BCUT2D eigenvalue weighted by Crippen LogP contribution is -2.24. The van der Waals surface area contributed by atoms with Gasteiger partial charge in [-0.15, -0.1) is 0 Å². The quantitative estimate of drug-likeness (QED) is 0.508. The predicted molar refractivity (Wildman–Crippen MR) is 74.9 cm³/mol. The summed E-state index contributed by atoms with van der Waals surface area (Å²) in [5.74, 6) is 1.75. The van der Waals surface area contributed by atoms with E-state index in [1.54, 1.807) is 0 Å². The molecular formula is C15H33N. The van der Waals surface area contributed by atoms with Crippen LogP contribution in [-0.4, -0.2) is 13.1 Å². The van der Waals surface area contributed by atoms with Gasteiger partial charge < -0.3 is 5.32 Å². The smallest absolute Gasteiger partial charge is 0.00204 e. The van der Waals surface area contributed by atoms with Gasteiger partial charge in [-0.25, -0.2) is 0 Å². The van der Waals surface area contributed by atoms with E-state index in [0.29, 0.717) is 0 Å². The maximum Gasteiger partial charge on any atom is -0.00204 e. The molecule has 0 aliphatic heterocycles. The summed E-state index contributed by atoms with van der Waals surface area (Å²) in [5, 5.41) is 3.58. The zero-order valence-corrected chi connectivity index (χ0v) is 12.0. The molecule has 98 valence electrons. The van der Waals surface area contributed by atoms with Crippen molar-refractivity contribution in [3.8, 4) is 0 Å². The fourth-order valence-corrected chi connectivity index (χ4v) is 2.31. The summed E-state index contributed by atoms with van der Waals surface area (Å²) in [6.07, 6.45) is 9.69. The second-order valence-corrected chi connectivity index (χ2v) is 5.55. The van der Waals surface area contributed by atoms with Crippen LogP contribution in [0.25, 0.3) is 0 Å². The van der Waals surface area contributed by atoms with E-state index in [9.17, 15) is 0 Å². The van der Waals surface area contributed by atoms with Crippen LogP contribution in [0.4, 0.5) is 0 Å². The summed E-state index contributed by atoms with van der Waals surface area (Å²) in [5.41, 5.74) is 0. The number of rotatable bonds is 11. The lowest BCUT2D eigenvalue weighted by molar-refractivity contribution is 0.354. The highest BCUT2D eigenvalue weighted by Gasteiger charge is 2.09. The summed E-state index contributed by atoms with van der Waals surface area (Å²) in [6, 6.07) is 0. The minimum atomic E-state index is 0.847. The number of nitrogens with one attached hydrogen (secondary N) is 1. The van der Waals surface area contributed by atoms with E-state index in [0.717, 1.165) is 11.8 Å². The molecule has 0 saturated carbocycles. The molecule has 0 aromatic carbocycles. The molecule has 1 heteroatoms. The molecular weight excluding hydrogens is 194 g/mol. The Bertz CT molecular complexity index is 131. The van der Waals surface area contributed by atoms with E-state index in [1.807, 2.05) is 0 Å². The molecule has 16 heavy (non-hydrogen) atoms. The fraction of sp³-hybridized carbons (Fsp3) is 1.00. The van der Waals surface area contributed by atoms with Crippen LogP contribution < -0.4 is 5.32 Å². The molecule has 0 radical (unpaired) electrons. The third-order valence-electron chi connectivity index (χ3n) is 3.13. The summed E-state index contributed by atoms with van der Waals surface area (Å²) in [6.45, 7) is 11.6. The Morgan fingerprint density at radius 2 is 1.69 bits per heavy atom. The first-order valence-electron chi connectivity index (χ1n) is 7.41. The highest BCUT2D eigenvalue weighted by molar-refractivity contribution is 4.65. The van der Waals surface area contributed by atoms with E-state index in [4.69, 9.17) is 0 Å². The number of unbranched alkanes of at least 4 members (excludes halogenated alkanes) is 3. The summed E-state index contributed by atoms with van der Waals surface area (Å²) < 4.78 is 0. The normalized spacial score (nSPS) is 13.3. The number of hydrogen-bond donors (Lipinski definition) is 1. The third-order valence-corrected chi connectivity index (χ3v) is 3.13. The molecule has 0 aliphatic rings. The maximum atomic E-state index is 3.58. The van der Waals surface area contributed by atoms with Gasteiger partial charge in [-0.1, -0.05) is 53.4 Å². The predicted octanol–water partition coefficient (Wildman–Crippen LogP) is 4.62. The first-order valence-corrected chi connectivity index (χ1v) is 7.41. The molecule has 0 spiro atoms. The van der Waals surface area contributed by atoms with Crippen LogP contribution in [0.1, 0.15) is 72.6 Å². The molecule has 1 unspecified atom stereocenters. The zero-order valence-electron chi connectivity index (χ0n) is 12.0. The van der Waals surface area contributed by atoms with Gasteiger partial charge in [0.05, 0.1) is 0 Å². The van der Waals surface area contributed by atoms with E-state index < -0.39 is 0 Å². The molecule has 0 heterocycles. The van der Waals surface area contributed by atoms with Gasteiger partial charge in [-0.3, -0.25) is 0 Å². The summed E-state index contributed by atoms with van der Waals surface area (Å²) in [4.78, 5) is 0. The van der Waals surface area contributed by atoms with Crippen LogP contribution in [0, 0.1) is 11.8 Å².